The normalized spacial score (nSPS) is 11.4. The summed E-state index contributed by atoms with van der Waals surface area (Å²) in [5, 5.41) is 21.0. The molecule has 0 heterocycles. The Bertz CT molecular complexity index is 749. The van der Waals surface area contributed by atoms with E-state index in [1.165, 1.54) is 12.1 Å². The highest BCUT2D eigenvalue weighted by Crippen LogP contribution is 2.19. The molecule has 0 spiro atoms. The van der Waals surface area contributed by atoms with Crippen LogP contribution in [0, 0.1) is 10.1 Å². The van der Waals surface area contributed by atoms with Crippen molar-refractivity contribution in [2.24, 2.45) is 0 Å². The van der Waals surface area contributed by atoms with Gasteiger partial charge in [-0.25, -0.2) is 0 Å². The number of nitro benzene ring substituents is 1. The SMILES string of the molecule is CC(=C=Cc1ccccc1[N+](=O)[O-])C(O)COCc1ccccc1. The molecule has 5 heteroatoms. The van der Waals surface area contributed by atoms with E-state index < -0.39 is 11.0 Å². The fraction of sp³-hybridized carbons (Fsp3) is 0.211. The lowest BCUT2D eigenvalue weighted by atomic mass is 10.1. The first-order valence-corrected chi connectivity index (χ1v) is 7.54. The minimum Gasteiger partial charge on any atom is -0.386 e. The molecule has 0 aliphatic rings. The highest BCUT2D eigenvalue weighted by atomic mass is 16.6. The Morgan fingerprint density at radius 2 is 1.92 bits per heavy atom. The number of ether oxygens (including phenoxy) is 1. The lowest BCUT2D eigenvalue weighted by Gasteiger charge is -2.10. The molecule has 2 aromatic rings. The van der Waals surface area contributed by atoms with Gasteiger partial charge in [0.2, 0.25) is 0 Å². The monoisotopic (exact) mass is 325 g/mol. The van der Waals surface area contributed by atoms with E-state index >= 15 is 0 Å². The van der Waals surface area contributed by atoms with Gasteiger partial charge in [0.25, 0.3) is 5.69 Å². The molecular weight excluding hydrogens is 306 g/mol. The summed E-state index contributed by atoms with van der Waals surface area (Å²) in [7, 11) is 0. The number of hydrogen-bond donors (Lipinski definition) is 1. The van der Waals surface area contributed by atoms with E-state index in [0.717, 1.165) is 5.56 Å². The number of benzene rings is 2. The van der Waals surface area contributed by atoms with Crippen LogP contribution < -0.4 is 0 Å². The first-order valence-electron chi connectivity index (χ1n) is 7.54. The Labute approximate surface area is 140 Å². The van der Waals surface area contributed by atoms with Gasteiger partial charge < -0.3 is 9.84 Å². The first-order chi connectivity index (χ1) is 11.6. The van der Waals surface area contributed by atoms with Gasteiger partial charge in [0, 0.05) is 6.07 Å². The third-order valence-electron chi connectivity index (χ3n) is 3.48. The Balaban J connectivity index is 1.98. The van der Waals surface area contributed by atoms with E-state index in [1.54, 1.807) is 25.1 Å². The van der Waals surface area contributed by atoms with E-state index in [2.05, 4.69) is 5.73 Å². The summed E-state index contributed by atoms with van der Waals surface area (Å²) in [5.41, 5.74) is 4.94. The molecule has 24 heavy (non-hydrogen) atoms. The minimum atomic E-state index is -0.812. The van der Waals surface area contributed by atoms with E-state index in [1.807, 2.05) is 30.3 Å². The van der Waals surface area contributed by atoms with E-state index in [0.29, 0.717) is 17.7 Å². The number of aliphatic hydroxyl groups is 1. The van der Waals surface area contributed by atoms with Crippen LogP contribution in [-0.2, 0) is 11.3 Å². The van der Waals surface area contributed by atoms with Gasteiger partial charge in [0.15, 0.2) is 0 Å². The Morgan fingerprint density at radius 1 is 1.25 bits per heavy atom. The summed E-state index contributed by atoms with van der Waals surface area (Å²) in [6.45, 7) is 2.26. The van der Waals surface area contributed by atoms with Gasteiger partial charge in [-0.1, -0.05) is 42.5 Å². The topological polar surface area (TPSA) is 72.6 Å². The average molecular weight is 325 g/mol. The highest BCUT2D eigenvalue weighted by molar-refractivity contribution is 5.60. The molecule has 0 bridgehead atoms. The molecule has 0 aliphatic carbocycles. The smallest absolute Gasteiger partial charge is 0.277 e. The molecule has 0 fully saturated rings. The quantitative estimate of drug-likeness (QED) is 0.478. The van der Waals surface area contributed by atoms with Gasteiger partial charge in [-0.3, -0.25) is 10.1 Å². The maximum atomic E-state index is 11.0. The van der Waals surface area contributed by atoms with Gasteiger partial charge in [0.1, 0.15) is 6.10 Å². The van der Waals surface area contributed by atoms with Crippen molar-refractivity contribution in [2.75, 3.05) is 6.61 Å². The van der Waals surface area contributed by atoms with E-state index in [4.69, 9.17) is 4.74 Å². The second-order valence-corrected chi connectivity index (χ2v) is 5.30. The molecule has 5 nitrogen and oxygen atoms in total. The van der Waals surface area contributed by atoms with Crippen molar-refractivity contribution in [1.82, 2.24) is 0 Å². The summed E-state index contributed by atoms with van der Waals surface area (Å²) in [6, 6.07) is 16.1. The predicted octanol–water partition coefficient (Wildman–Crippen LogP) is 3.73. The van der Waals surface area contributed by atoms with Crippen molar-refractivity contribution >= 4 is 11.8 Å². The molecular formula is C19H19NO4. The third-order valence-corrected chi connectivity index (χ3v) is 3.48. The Hall–Kier alpha value is -2.72. The van der Waals surface area contributed by atoms with Gasteiger partial charge >= 0.3 is 0 Å². The second kappa shape index (κ2) is 8.79. The standard InChI is InChI=1S/C19H19NO4/c1-15(11-12-17-9-5-6-10-18(17)20(22)23)19(21)14-24-13-16-7-3-2-4-8-16/h2-10,12,19,21H,13-14H2,1H3. The summed E-state index contributed by atoms with van der Waals surface area (Å²) in [5.74, 6) is 0. The third kappa shape index (κ3) is 5.18. The van der Waals surface area contributed by atoms with Crippen LogP contribution in [0.1, 0.15) is 18.1 Å². The molecule has 1 N–H and O–H groups in total. The molecule has 0 aliphatic heterocycles. The van der Waals surface area contributed by atoms with Crippen LogP contribution >= 0.6 is 0 Å². The van der Waals surface area contributed by atoms with Crippen LogP contribution in [0.5, 0.6) is 0 Å². The summed E-state index contributed by atoms with van der Waals surface area (Å²) >= 11 is 0. The lowest BCUT2D eigenvalue weighted by molar-refractivity contribution is -0.385. The highest BCUT2D eigenvalue weighted by Gasteiger charge is 2.10. The van der Waals surface area contributed by atoms with Crippen LogP contribution in [0.15, 0.2) is 65.9 Å². The molecule has 1 unspecified atom stereocenters. The number of nitro groups is 1. The van der Waals surface area contributed by atoms with Crippen LogP contribution in [0.2, 0.25) is 0 Å². The number of rotatable bonds is 7. The molecule has 0 amide bonds. The molecule has 0 saturated heterocycles. The lowest BCUT2D eigenvalue weighted by Crippen LogP contribution is -2.16. The van der Waals surface area contributed by atoms with Crippen LogP contribution in [0.4, 0.5) is 5.69 Å². The summed E-state index contributed by atoms with van der Waals surface area (Å²) in [4.78, 5) is 10.5. The zero-order valence-electron chi connectivity index (χ0n) is 13.4. The van der Waals surface area contributed by atoms with Crippen LogP contribution in [-0.4, -0.2) is 22.7 Å². The molecule has 124 valence electrons. The van der Waals surface area contributed by atoms with Crippen molar-refractivity contribution < 1.29 is 14.8 Å². The van der Waals surface area contributed by atoms with Gasteiger partial charge in [-0.2, -0.15) is 0 Å². The maximum absolute atomic E-state index is 11.0. The van der Waals surface area contributed by atoms with Gasteiger partial charge in [-0.05, 0) is 30.2 Å². The van der Waals surface area contributed by atoms with Crippen molar-refractivity contribution in [1.29, 1.82) is 0 Å². The number of hydrogen-bond acceptors (Lipinski definition) is 4. The van der Waals surface area contributed by atoms with Crippen LogP contribution in [0.25, 0.3) is 6.08 Å². The van der Waals surface area contributed by atoms with Crippen molar-refractivity contribution in [2.45, 2.75) is 19.6 Å². The van der Waals surface area contributed by atoms with E-state index in [9.17, 15) is 15.2 Å². The van der Waals surface area contributed by atoms with Crippen molar-refractivity contribution in [3.63, 3.8) is 0 Å². The summed E-state index contributed by atoms with van der Waals surface area (Å²) in [6.07, 6.45) is 0.696. The molecule has 0 aromatic heterocycles. The first kappa shape index (κ1) is 17.6. The molecule has 1 atom stereocenters. The zero-order chi connectivity index (χ0) is 17.4. The van der Waals surface area contributed by atoms with Crippen LogP contribution in [0.3, 0.4) is 0 Å². The van der Waals surface area contributed by atoms with Gasteiger partial charge in [0.05, 0.1) is 23.7 Å². The van der Waals surface area contributed by atoms with Crippen molar-refractivity contribution in [3.8, 4) is 0 Å². The molecule has 0 saturated carbocycles. The largest absolute Gasteiger partial charge is 0.386 e. The maximum Gasteiger partial charge on any atom is 0.277 e. The predicted molar refractivity (Wildman–Crippen MR) is 92.4 cm³/mol. The number of aliphatic hydroxyl groups excluding tert-OH is 1. The number of para-hydroxylation sites is 1. The fourth-order valence-electron chi connectivity index (χ4n) is 2.05. The molecule has 2 rings (SSSR count). The molecule has 0 radical (unpaired) electrons. The number of nitrogens with zero attached hydrogens (tertiary/aromatic N) is 1. The molecule has 2 aromatic carbocycles. The van der Waals surface area contributed by atoms with E-state index in [-0.39, 0.29) is 12.3 Å². The van der Waals surface area contributed by atoms with Gasteiger partial charge in [-0.15, -0.1) is 5.73 Å². The fourth-order valence-corrected chi connectivity index (χ4v) is 2.05. The Kier molecular flexibility index (Phi) is 6.46. The Morgan fingerprint density at radius 3 is 2.62 bits per heavy atom. The summed E-state index contributed by atoms with van der Waals surface area (Å²) < 4.78 is 5.48. The zero-order valence-corrected chi connectivity index (χ0v) is 13.4. The minimum absolute atomic E-state index is 0.00705. The van der Waals surface area contributed by atoms with Crippen molar-refractivity contribution in [3.05, 3.63) is 87.1 Å². The second-order valence-electron chi connectivity index (χ2n) is 5.30. The average Bonchev–Trinajstić information content (AvgIpc) is 2.60.